The molecule has 3 aromatic rings. The Labute approximate surface area is 223 Å². The van der Waals surface area contributed by atoms with Crippen LogP contribution in [-0.2, 0) is 20.9 Å². The Bertz CT molecular complexity index is 1260. The minimum atomic E-state index is -1.21. The van der Waals surface area contributed by atoms with Crippen molar-refractivity contribution in [1.82, 2.24) is 9.55 Å². The number of nitrogens with zero attached hydrogens (tertiary/aromatic N) is 3. The van der Waals surface area contributed by atoms with E-state index in [-0.39, 0.29) is 15.7 Å². The number of anilines is 1. The number of carbonyl (C=O) groups excluding carboxylic acids is 2. The van der Waals surface area contributed by atoms with Crippen LogP contribution in [0.25, 0.3) is 10.9 Å². The number of hydrogen-bond acceptors (Lipinski definition) is 8. The average molecular weight is 548 g/mol. The Morgan fingerprint density at radius 3 is 2.51 bits per heavy atom. The van der Waals surface area contributed by atoms with E-state index in [1.807, 2.05) is 35.0 Å². The second-order valence-electron chi connectivity index (χ2n) is 11.1. The summed E-state index contributed by atoms with van der Waals surface area (Å²) in [5.74, 6) is -0.710. The summed E-state index contributed by atoms with van der Waals surface area (Å²) >= 11 is 1.04. The predicted molar refractivity (Wildman–Crippen MR) is 148 cm³/mol. The van der Waals surface area contributed by atoms with Gasteiger partial charge in [0.15, 0.2) is 5.69 Å². The highest BCUT2D eigenvalue weighted by Gasteiger charge is 2.31. The molecular weight excluding hydrogens is 510 g/mol. The molecule has 37 heavy (non-hydrogen) atoms. The van der Waals surface area contributed by atoms with Crippen LogP contribution in [0.1, 0.15) is 47.9 Å². The first-order valence-electron chi connectivity index (χ1n) is 12.1. The van der Waals surface area contributed by atoms with Crippen molar-refractivity contribution >= 4 is 47.4 Å². The van der Waals surface area contributed by atoms with Gasteiger partial charge in [0.05, 0.1) is 12.6 Å². The Balaban J connectivity index is 1.94. The summed E-state index contributed by atoms with van der Waals surface area (Å²) in [7, 11) is 1.53. The van der Waals surface area contributed by atoms with Gasteiger partial charge in [-0.2, -0.15) is 0 Å². The minimum Gasteiger partial charge on any atom is -0.464 e. The van der Waals surface area contributed by atoms with Crippen LogP contribution in [-0.4, -0.2) is 61.2 Å². The number of aromatic nitrogens is 2. The Kier molecular flexibility index (Phi) is 8.84. The zero-order chi connectivity index (χ0) is 27.5. The van der Waals surface area contributed by atoms with Crippen LogP contribution < -0.4 is 4.90 Å². The first kappa shape index (κ1) is 28.8. The van der Waals surface area contributed by atoms with Gasteiger partial charge in [-0.3, -0.25) is 4.90 Å². The van der Waals surface area contributed by atoms with Crippen LogP contribution >= 0.6 is 11.3 Å². The first-order valence-corrected chi connectivity index (χ1v) is 16.6. The molecule has 2 aromatic heterocycles. The zero-order valence-electron chi connectivity index (χ0n) is 22.8. The first-order chi connectivity index (χ1) is 17.2. The molecule has 1 amide bonds. The molecule has 0 saturated carbocycles. The fourth-order valence-corrected chi connectivity index (χ4v) is 5.36. The molecule has 1 N–H and O–H groups in total. The smallest absolute Gasteiger partial charge is 0.415 e. The van der Waals surface area contributed by atoms with Crippen LogP contribution in [0.3, 0.4) is 0 Å². The third-order valence-corrected chi connectivity index (χ3v) is 8.44. The summed E-state index contributed by atoms with van der Waals surface area (Å²) in [6.45, 7) is 13.2. The maximum Gasteiger partial charge on any atom is 0.415 e. The molecule has 0 spiro atoms. The Hall–Kier alpha value is -2.73. The van der Waals surface area contributed by atoms with Crippen molar-refractivity contribution in [2.45, 2.75) is 64.9 Å². The summed E-state index contributed by atoms with van der Waals surface area (Å²) in [5, 5.41) is 12.7. The summed E-state index contributed by atoms with van der Waals surface area (Å²) < 4.78 is 18.2. The highest BCUT2D eigenvalue weighted by Crippen LogP contribution is 2.37. The predicted octanol–water partition coefficient (Wildman–Crippen LogP) is 5.65. The summed E-state index contributed by atoms with van der Waals surface area (Å²) in [6, 6.07) is 8.79. The number of aliphatic hydroxyl groups excluding tert-OH is 1. The molecule has 3 rings (SSSR count). The monoisotopic (exact) mass is 547 g/mol. The molecule has 0 aliphatic rings. The molecule has 11 heteroatoms. The largest absolute Gasteiger partial charge is 0.464 e. The molecule has 0 radical (unpaired) electrons. The van der Waals surface area contributed by atoms with Gasteiger partial charge in [-0.05, 0) is 32.9 Å². The number of carbonyl (C=O) groups is 2. The Morgan fingerprint density at radius 2 is 1.89 bits per heavy atom. The van der Waals surface area contributed by atoms with E-state index in [1.54, 1.807) is 20.8 Å². The van der Waals surface area contributed by atoms with Crippen molar-refractivity contribution in [3.8, 4) is 0 Å². The van der Waals surface area contributed by atoms with Gasteiger partial charge in [-0.25, -0.2) is 14.6 Å². The standard InChI is InChI=1S/C26H37N3O6SSi/c1-26(2,3)35-25(32)28(4)23-20(24(31)33-5)27-22(36-23)21(30)18-15-29(16-34-13-14-37(6,7)8)19-12-10-9-11-17(18)19/h9-12,15,21,30H,13-14,16H2,1-8H3. The number of fused-ring (bicyclic) bond motifs is 1. The minimum absolute atomic E-state index is 0.0617. The van der Waals surface area contributed by atoms with E-state index in [4.69, 9.17) is 14.2 Å². The highest BCUT2D eigenvalue weighted by atomic mass is 32.1. The van der Waals surface area contributed by atoms with E-state index in [9.17, 15) is 14.7 Å². The number of para-hydroxylation sites is 1. The molecule has 2 heterocycles. The highest BCUT2D eigenvalue weighted by molar-refractivity contribution is 7.16. The van der Waals surface area contributed by atoms with Crippen LogP contribution in [0, 0.1) is 0 Å². The lowest BCUT2D eigenvalue weighted by Crippen LogP contribution is -2.34. The van der Waals surface area contributed by atoms with Gasteiger partial charge in [-0.1, -0.05) is 49.2 Å². The van der Waals surface area contributed by atoms with E-state index in [1.165, 1.54) is 19.1 Å². The second-order valence-corrected chi connectivity index (χ2v) is 17.7. The van der Waals surface area contributed by atoms with Crippen LogP contribution in [0.4, 0.5) is 9.80 Å². The van der Waals surface area contributed by atoms with Gasteiger partial charge in [0, 0.05) is 38.9 Å². The van der Waals surface area contributed by atoms with E-state index in [0.29, 0.717) is 18.9 Å². The lowest BCUT2D eigenvalue weighted by molar-refractivity contribution is 0.0587. The number of ether oxygens (including phenoxy) is 3. The third-order valence-electron chi connectivity index (χ3n) is 5.55. The SMILES string of the molecule is COC(=O)c1nc(C(O)c2cn(COCC[Si](C)(C)C)c3ccccc23)sc1N(C)C(=O)OC(C)(C)C. The van der Waals surface area contributed by atoms with Gasteiger partial charge in [-0.15, -0.1) is 0 Å². The molecule has 0 saturated heterocycles. The maximum atomic E-state index is 12.7. The normalized spacial score (nSPS) is 13.0. The lowest BCUT2D eigenvalue weighted by Gasteiger charge is -2.24. The molecule has 202 valence electrons. The molecule has 0 fully saturated rings. The number of esters is 1. The van der Waals surface area contributed by atoms with Crippen LogP contribution in [0.5, 0.6) is 0 Å². The van der Waals surface area contributed by atoms with E-state index >= 15 is 0 Å². The van der Waals surface area contributed by atoms with Crippen LogP contribution in [0.15, 0.2) is 30.5 Å². The summed E-state index contributed by atoms with van der Waals surface area (Å²) in [5.41, 5.74) is 0.762. The topological polar surface area (TPSA) is 103 Å². The second kappa shape index (κ2) is 11.3. The number of amides is 1. The number of rotatable bonds is 9. The molecule has 1 unspecified atom stereocenters. The summed E-state index contributed by atoms with van der Waals surface area (Å²) in [6.07, 6.45) is 0.0667. The van der Waals surface area contributed by atoms with Crippen molar-refractivity contribution in [1.29, 1.82) is 0 Å². The number of thiazole rings is 1. The van der Waals surface area contributed by atoms with E-state index in [0.717, 1.165) is 28.3 Å². The number of methoxy groups -OCH3 is 1. The molecule has 0 aliphatic carbocycles. The van der Waals surface area contributed by atoms with E-state index in [2.05, 4.69) is 24.6 Å². The molecule has 0 aliphatic heterocycles. The fourth-order valence-electron chi connectivity index (χ4n) is 3.59. The van der Waals surface area contributed by atoms with Gasteiger partial charge < -0.3 is 23.9 Å². The zero-order valence-corrected chi connectivity index (χ0v) is 24.6. The van der Waals surface area contributed by atoms with Crippen molar-refractivity contribution in [2.75, 3.05) is 25.7 Å². The summed E-state index contributed by atoms with van der Waals surface area (Å²) in [4.78, 5) is 30.8. The Morgan fingerprint density at radius 1 is 1.22 bits per heavy atom. The third kappa shape index (κ3) is 7.19. The van der Waals surface area contributed by atoms with Crippen LogP contribution in [0.2, 0.25) is 25.7 Å². The van der Waals surface area contributed by atoms with Crippen molar-refractivity contribution < 1.29 is 28.9 Å². The average Bonchev–Trinajstić information content (AvgIpc) is 3.41. The number of benzene rings is 1. The van der Waals surface area contributed by atoms with Gasteiger partial charge in [0.1, 0.15) is 28.4 Å². The van der Waals surface area contributed by atoms with Crippen molar-refractivity contribution in [3.05, 3.63) is 46.7 Å². The molecule has 9 nitrogen and oxygen atoms in total. The molecular formula is C26H37N3O6SSi. The van der Waals surface area contributed by atoms with Gasteiger partial charge >= 0.3 is 12.1 Å². The molecule has 1 aromatic carbocycles. The number of aliphatic hydroxyl groups is 1. The fraction of sp³-hybridized carbons (Fsp3) is 0.500. The molecule has 1 atom stereocenters. The number of hydrogen-bond donors (Lipinski definition) is 1. The molecule has 0 bridgehead atoms. The van der Waals surface area contributed by atoms with Crippen molar-refractivity contribution in [2.24, 2.45) is 0 Å². The van der Waals surface area contributed by atoms with Crippen molar-refractivity contribution in [3.63, 3.8) is 0 Å². The van der Waals surface area contributed by atoms with Gasteiger partial charge in [0.25, 0.3) is 0 Å². The van der Waals surface area contributed by atoms with Gasteiger partial charge in [0.2, 0.25) is 0 Å². The lowest BCUT2D eigenvalue weighted by atomic mass is 10.1. The maximum absolute atomic E-state index is 12.7. The quantitative estimate of drug-likeness (QED) is 0.210. The van der Waals surface area contributed by atoms with E-state index < -0.39 is 31.8 Å².